The molecule has 2 amide bonds. The Morgan fingerprint density at radius 1 is 1.29 bits per heavy atom. The van der Waals surface area contributed by atoms with Crippen molar-refractivity contribution in [2.45, 2.75) is 34.1 Å². The molecule has 0 rings (SSSR count). The highest BCUT2D eigenvalue weighted by molar-refractivity contribution is 5.80. The molecule has 0 aromatic carbocycles. The van der Waals surface area contributed by atoms with Crippen LogP contribution in [0.4, 0.5) is 0 Å². The van der Waals surface area contributed by atoms with Crippen molar-refractivity contribution in [3.05, 3.63) is 0 Å². The normalized spacial score (nSPS) is 11.6. The van der Waals surface area contributed by atoms with Gasteiger partial charge >= 0.3 is 0 Å². The van der Waals surface area contributed by atoms with Crippen molar-refractivity contribution in [3.8, 4) is 0 Å². The van der Waals surface area contributed by atoms with E-state index in [1.165, 1.54) is 0 Å². The molecular formula is C12H25N3O2. The standard InChI is InChI=1S/C12H25N3O2/c1-9(2)5-6-15-10(16)7-14-8-12(3,4)11(13)17/h9,14H,5-8H2,1-4H3,(H2,13,17)(H,15,16). The fourth-order valence-corrected chi connectivity index (χ4v) is 1.14. The van der Waals surface area contributed by atoms with Gasteiger partial charge in [0, 0.05) is 13.1 Å². The first-order valence-electron chi connectivity index (χ1n) is 6.03. The minimum Gasteiger partial charge on any atom is -0.369 e. The summed E-state index contributed by atoms with van der Waals surface area (Å²) in [6.07, 6.45) is 0.971. The maximum atomic E-state index is 11.4. The number of carbonyl (C=O) groups excluding carboxylic acids is 2. The molecule has 0 heterocycles. The van der Waals surface area contributed by atoms with E-state index in [4.69, 9.17) is 5.73 Å². The molecular weight excluding hydrogens is 218 g/mol. The van der Waals surface area contributed by atoms with E-state index in [9.17, 15) is 9.59 Å². The summed E-state index contributed by atoms with van der Waals surface area (Å²) in [4.78, 5) is 22.4. The third kappa shape index (κ3) is 7.74. The SMILES string of the molecule is CC(C)CCNC(=O)CNCC(C)(C)C(N)=O. The Labute approximate surface area is 104 Å². The highest BCUT2D eigenvalue weighted by Crippen LogP contribution is 2.11. The molecule has 4 N–H and O–H groups in total. The van der Waals surface area contributed by atoms with Crippen LogP contribution in [0, 0.1) is 11.3 Å². The van der Waals surface area contributed by atoms with Crippen LogP contribution in [0.25, 0.3) is 0 Å². The molecule has 0 unspecified atom stereocenters. The molecule has 0 aliphatic carbocycles. The van der Waals surface area contributed by atoms with E-state index in [0.29, 0.717) is 19.0 Å². The van der Waals surface area contributed by atoms with Crippen molar-refractivity contribution < 1.29 is 9.59 Å². The van der Waals surface area contributed by atoms with Gasteiger partial charge in [-0.1, -0.05) is 13.8 Å². The Bertz CT molecular complexity index is 262. The van der Waals surface area contributed by atoms with Gasteiger partial charge in [-0.15, -0.1) is 0 Å². The van der Waals surface area contributed by atoms with Crippen LogP contribution in [0.15, 0.2) is 0 Å². The molecule has 0 bridgehead atoms. The van der Waals surface area contributed by atoms with Gasteiger partial charge in [-0.3, -0.25) is 9.59 Å². The average molecular weight is 243 g/mol. The topological polar surface area (TPSA) is 84.2 Å². The van der Waals surface area contributed by atoms with E-state index in [1.54, 1.807) is 13.8 Å². The molecule has 0 aromatic rings. The van der Waals surface area contributed by atoms with Gasteiger partial charge in [0.05, 0.1) is 12.0 Å². The Morgan fingerprint density at radius 2 is 1.88 bits per heavy atom. The number of amides is 2. The smallest absolute Gasteiger partial charge is 0.233 e. The van der Waals surface area contributed by atoms with Gasteiger partial charge < -0.3 is 16.4 Å². The van der Waals surface area contributed by atoms with Crippen LogP contribution < -0.4 is 16.4 Å². The van der Waals surface area contributed by atoms with Crippen LogP contribution in [0.2, 0.25) is 0 Å². The molecule has 0 saturated heterocycles. The lowest BCUT2D eigenvalue weighted by Gasteiger charge is -2.20. The summed E-state index contributed by atoms with van der Waals surface area (Å²) in [7, 11) is 0. The fraction of sp³-hybridized carbons (Fsp3) is 0.833. The summed E-state index contributed by atoms with van der Waals surface area (Å²) >= 11 is 0. The summed E-state index contributed by atoms with van der Waals surface area (Å²) in [5, 5.41) is 5.74. The molecule has 0 aromatic heterocycles. The van der Waals surface area contributed by atoms with Gasteiger partial charge in [-0.05, 0) is 26.2 Å². The van der Waals surface area contributed by atoms with Crippen LogP contribution >= 0.6 is 0 Å². The number of nitrogens with one attached hydrogen (secondary N) is 2. The monoisotopic (exact) mass is 243 g/mol. The Balaban J connectivity index is 3.68. The Morgan fingerprint density at radius 3 is 2.35 bits per heavy atom. The van der Waals surface area contributed by atoms with Crippen LogP contribution in [-0.4, -0.2) is 31.4 Å². The van der Waals surface area contributed by atoms with Crippen molar-refractivity contribution in [2.75, 3.05) is 19.6 Å². The quantitative estimate of drug-likeness (QED) is 0.571. The molecule has 0 aliphatic rings. The maximum Gasteiger partial charge on any atom is 0.233 e. The molecule has 0 spiro atoms. The summed E-state index contributed by atoms with van der Waals surface area (Å²) in [5.41, 5.74) is 4.59. The number of rotatable bonds is 8. The van der Waals surface area contributed by atoms with Gasteiger partial charge in [0.1, 0.15) is 0 Å². The molecule has 17 heavy (non-hydrogen) atoms. The molecule has 5 heteroatoms. The van der Waals surface area contributed by atoms with Crippen molar-refractivity contribution >= 4 is 11.8 Å². The Kier molecular flexibility index (Phi) is 6.80. The third-order valence-electron chi connectivity index (χ3n) is 2.56. The van der Waals surface area contributed by atoms with E-state index in [1.807, 2.05) is 0 Å². The second-order valence-corrected chi connectivity index (χ2v) is 5.38. The summed E-state index contributed by atoms with van der Waals surface area (Å²) < 4.78 is 0. The lowest BCUT2D eigenvalue weighted by atomic mass is 9.93. The summed E-state index contributed by atoms with van der Waals surface area (Å²) in [5.74, 6) is 0.160. The number of hydrogen-bond donors (Lipinski definition) is 3. The molecule has 0 aliphatic heterocycles. The van der Waals surface area contributed by atoms with Gasteiger partial charge in [0.15, 0.2) is 0 Å². The van der Waals surface area contributed by atoms with Crippen LogP contribution in [-0.2, 0) is 9.59 Å². The van der Waals surface area contributed by atoms with Gasteiger partial charge in [0.2, 0.25) is 11.8 Å². The first-order valence-corrected chi connectivity index (χ1v) is 6.03. The lowest BCUT2D eigenvalue weighted by molar-refractivity contribution is -0.126. The molecule has 5 nitrogen and oxygen atoms in total. The van der Waals surface area contributed by atoms with E-state index in [-0.39, 0.29) is 18.4 Å². The minimum absolute atomic E-state index is 0.0501. The van der Waals surface area contributed by atoms with Crippen LogP contribution in [0.1, 0.15) is 34.1 Å². The minimum atomic E-state index is -0.627. The van der Waals surface area contributed by atoms with Gasteiger partial charge in [-0.25, -0.2) is 0 Å². The zero-order valence-corrected chi connectivity index (χ0v) is 11.3. The zero-order valence-electron chi connectivity index (χ0n) is 11.3. The molecule has 100 valence electrons. The lowest BCUT2D eigenvalue weighted by Crippen LogP contribution is -2.43. The second kappa shape index (κ2) is 7.27. The van der Waals surface area contributed by atoms with E-state index >= 15 is 0 Å². The molecule has 0 radical (unpaired) electrons. The maximum absolute atomic E-state index is 11.4. The first-order chi connectivity index (χ1) is 7.75. The van der Waals surface area contributed by atoms with E-state index in [2.05, 4.69) is 24.5 Å². The predicted octanol–water partition coefficient (Wildman–Crippen LogP) is 0.250. The number of hydrogen-bond acceptors (Lipinski definition) is 3. The van der Waals surface area contributed by atoms with Gasteiger partial charge in [-0.2, -0.15) is 0 Å². The van der Waals surface area contributed by atoms with E-state index in [0.717, 1.165) is 6.42 Å². The highest BCUT2D eigenvalue weighted by Gasteiger charge is 2.24. The second-order valence-electron chi connectivity index (χ2n) is 5.38. The first kappa shape index (κ1) is 15.9. The largest absolute Gasteiger partial charge is 0.369 e. The van der Waals surface area contributed by atoms with Gasteiger partial charge in [0.25, 0.3) is 0 Å². The van der Waals surface area contributed by atoms with Crippen molar-refractivity contribution in [1.82, 2.24) is 10.6 Å². The highest BCUT2D eigenvalue weighted by atomic mass is 16.2. The van der Waals surface area contributed by atoms with E-state index < -0.39 is 5.41 Å². The summed E-state index contributed by atoms with van der Waals surface area (Å²) in [6.45, 7) is 9.03. The van der Waals surface area contributed by atoms with Crippen LogP contribution in [0.5, 0.6) is 0 Å². The fourth-order valence-electron chi connectivity index (χ4n) is 1.14. The summed E-state index contributed by atoms with van der Waals surface area (Å²) in [6, 6.07) is 0. The molecule has 0 fully saturated rings. The predicted molar refractivity (Wildman–Crippen MR) is 68.3 cm³/mol. The number of carbonyl (C=O) groups is 2. The third-order valence-corrected chi connectivity index (χ3v) is 2.56. The van der Waals surface area contributed by atoms with Crippen molar-refractivity contribution in [1.29, 1.82) is 0 Å². The van der Waals surface area contributed by atoms with Crippen molar-refractivity contribution in [2.24, 2.45) is 17.1 Å². The number of nitrogens with two attached hydrogens (primary N) is 1. The molecule has 0 saturated carbocycles. The van der Waals surface area contributed by atoms with Crippen LogP contribution in [0.3, 0.4) is 0 Å². The number of primary amides is 1. The average Bonchev–Trinajstić information content (AvgIpc) is 2.16. The molecule has 0 atom stereocenters. The zero-order chi connectivity index (χ0) is 13.5. The Hall–Kier alpha value is -1.10. The van der Waals surface area contributed by atoms with Crippen molar-refractivity contribution in [3.63, 3.8) is 0 Å².